The second kappa shape index (κ2) is 9.10. The first-order chi connectivity index (χ1) is 19.6. The SMILES string of the molecule is [2H]C(C)(C)c1cc2c(ccc3ccccc32)c(C([2H])(C)C)c1-c1ccnc(-c2cccc3c2oc2ccccc23)c1. The van der Waals surface area contributed by atoms with Crippen molar-refractivity contribution in [1.82, 2.24) is 4.98 Å². The molecule has 0 fully saturated rings. The Morgan fingerprint density at radius 3 is 2.26 bits per heavy atom. The third kappa shape index (κ3) is 3.74. The Labute approximate surface area is 231 Å². The zero-order chi connectivity index (χ0) is 28.5. The zero-order valence-corrected chi connectivity index (χ0v) is 22.7. The Kier molecular flexibility index (Phi) is 5.01. The molecule has 0 spiro atoms. The van der Waals surface area contributed by atoms with Crippen molar-refractivity contribution in [2.24, 2.45) is 0 Å². The fourth-order valence-electron chi connectivity index (χ4n) is 6.05. The Bertz CT molecular complexity index is 2130. The summed E-state index contributed by atoms with van der Waals surface area (Å²) in [5.41, 5.74) is 7.09. The summed E-state index contributed by atoms with van der Waals surface area (Å²) >= 11 is 0. The lowest BCUT2D eigenvalue weighted by molar-refractivity contribution is 0.670. The van der Waals surface area contributed by atoms with E-state index in [1.165, 1.54) is 0 Å². The Hall–Kier alpha value is -4.43. The minimum absolute atomic E-state index is 0.799. The van der Waals surface area contributed by atoms with E-state index >= 15 is 0 Å². The third-order valence-corrected chi connectivity index (χ3v) is 7.82. The van der Waals surface area contributed by atoms with Crippen LogP contribution in [0.15, 0.2) is 108 Å². The Balaban J connectivity index is 1.55. The van der Waals surface area contributed by atoms with Gasteiger partial charge in [-0.2, -0.15) is 0 Å². The van der Waals surface area contributed by atoms with E-state index in [1.807, 2.05) is 76.4 Å². The van der Waals surface area contributed by atoms with Crippen LogP contribution in [-0.2, 0) is 0 Å². The average Bonchev–Trinajstić information content (AvgIpc) is 3.34. The van der Waals surface area contributed by atoms with Gasteiger partial charge in [-0.25, -0.2) is 0 Å². The summed E-state index contributed by atoms with van der Waals surface area (Å²) in [5, 5.41) is 6.56. The fourth-order valence-corrected chi connectivity index (χ4v) is 6.05. The van der Waals surface area contributed by atoms with E-state index in [0.29, 0.717) is 0 Å². The van der Waals surface area contributed by atoms with Crippen LogP contribution in [0.5, 0.6) is 0 Å². The molecule has 190 valence electrons. The molecule has 2 heterocycles. The van der Waals surface area contributed by atoms with Crippen molar-refractivity contribution >= 4 is 43.5 Å². The van der Waals surface area contributed by atoms with E-state index in [9.17, 15) is 2.74 Å². The van der Waals surface area contributed by atoms with Crippen LogP contribution >= 0.6 is 0 Å². The number of fused-ring (bicyclic) bond motifs is 6. The Morgan fingerprint density at radius 1 is 0.667 bits per heavy atom. The number of nitrogens with zero attached hydrogens (tertiary/aromatic N) is 1. The summed E-state index contributed by atoms with van der Waals surface area (Å²) in [6.07, 6.45) is 1.83. The lowest BCUT2D eigenvalue weighted by Gasteiger charge is -2.24. The van der Waals surface area contributed by atoms with Crippen molar-refractivity contribution < 1.29 is 7.16 Å². The molecule has 2 aromatic heterocycles. The van der Waals surface area contributed by atoms with Gasteiger partial charge in [-0.15, -0.1) is 0 Å². The molecule has 5 aromatic carbocycles. The molecule has 0 saturated heterocycles. The molecule has 0 unspecified atom stereocenters. The second-order valence-corrected chi connectivity index (χ2v) is 10.8. The number of benzene rings is 5. The number of furan rings is 1. The van der Waals surface area contributed by atoms with Crippen LogP contribution in [0, 0.1) is 0 Å². The van der Waals surface area contributed by atoms with Gasteiger partial charge in [0.25, 0.3) is 0 Å². The number of hydrogen-bond donors (Lipinski definition) is 0. The minimum Gasteiger partial charge on any atom is -0.455 e. The molecular weight excluding hydrogens is 474 g/mol. The molecule has 0 saturated carbocycles. The van der Waals surface area contributed by atoms with Crippen molar-refractivity contribution in [2.45, 2.75) is 39.5 Å². The predicted molar refractivity (Wildman–Crippen MR) is 166 cm³/mol. The highest BCUT2D eigenvalue weighted by atomic mass is 16.3. The van der Waals surface area contributed by atoms with Crippen LogP contribution in [0.2, 0.25) is 0 Å². The molecule has 7 rings (SSSR count). The van der Waals surface area contributed by atoms with Gasteiger partial charge in [0.15, 0.2) is 0 Å². The van der Waals surface area contributed by atoms with E-state index in [2.05, 4.69) is 54.6 Å². The second-order valence-electron chi connectivity index (χ2n) is 10.8. The molecule has 2 heteroatoms. The lowest BCUT2D eigenvalue weighted by Crippen LogP contribution is -2.02. The van der Waals surface area contributed by atoms with Gasteiger partial charge in [-0.1, -0.05) is 94.4 Å². The molecule has 0 bridgehead atoms. The number of hydrogen-bond acceptors (Lipinski definition) is 2. The smallest absolute Gasteiger partial charge is 0.144 e. The third-order valence-electron chi connectivity index (χ3n) is 7.82. The van der Waals surface area contributed by atoms with Gasteiger partial charge < -0.3 is 4.42 Å². The molecule has 39 heavy (non-hydrogen) atoms. The number of aromatic nitrogens is 1. The van der Waals surface area contributed by atoms with E-state index in [1.54, 1.807) is 0 Å². The normalized spacial score (nSPS) is 13.3. The summed E-state index contributed by atoms with van der Waals surface area (Å²) < 4.78 is 24.9. The molecule has 0 amide bonds. The fraction of sp³-hybridized carbons (Fsp3) is 0.162. The van der Waals surface area contributed by atoms with Gasteiger partial charge >= 0.3 is 0 Å². The first-order valence-corrected chi connectivity index (χ1v) is 13.5. The largest absolute Gasteiger partial charge is 0.455 e. The van der Waals surface area contributed by atoms with Gasteiger partial charge in [-0.05, 0) is 85.9 Å². The first-order valence-electron chi connectivity index (χ1n) is 14.5. The molecule has 0 N–H and O–H groups in total. The Morgan fingerprint density at radius 2 is 1.44 bits per heavy atom. The summed E-state index contributed by atoms with van der Waals surface area (Å²) in [6.45, 7) is 7.75. The van der Waals surface area contributed by atoms with Gasteiger partial charge in [0.05, 0.1) is 5.69 Å². The highest BCUT2D eigenvalue weighted by Crippen LogP contribution is 2.44. The highest BCUT2D eigenvalue weighted by Gasteiger charge is 2.21. The van der Waals surface area contributed by atoms with Crippen LogP contribution in [-0.4, -0.2) is 4.98 Å². The van der Waals surface area contributed by atoms with E-state index in [4.69, 9.17) is 9.40 Å². The van der Waals surface area contributed by atoms with E-state index < -0.39 is 11.8 Å². The van der Waals surface area contributed by atoms with Gasteiger partial charge in [0.1, 0.15) is 11.2 Å². The van der Waals surface area contributed by atoms with Crippen LogP contribution in [0.3, 0.4) is 0 Å². The topological polar surface area (TPSA) is 26.0 Å². The quantitative estimate of drug-likeness (QED) is 0.221. The summed E-state index contributed by atoms with van der Waals surface area (Å²) in [4.78, 5) is 4.79. The maximum absolute atomic E-state index is 9.35. The summed E-state index contributed by atoms with van der Waals surface area (Å²) in [7, 11) is 0. The van der Waals surface area contributed by atoms with Gasteiger partial charge in [0, 0.05) is 25.3 Å². The van der Waals surface area contributed by atoms with Gasteiger partial charge in [-0.3, -0.25) is 4.98 Å². The number of pyridine rings is 1. The molecule has 0 radical (unpaired) electrons. The monoisotopic (exact) mass is 507 g/mol. The maximum atomic E-state index is 9.35. The lowest BCUT2D eigenvalue weighted by atomic mass is 9.80. The standard InChI is InChI=1S/C37H31NO/c1-22(2)31-21-32-26-11-6-5-10-24(26)16-17-28(32)35(23(3)4)36(31)25-18-19-38-33(20-25)30-14-9-13-29-27-12-7-8-15-34(27)39-37(29)30/h5-23H,1-4H3/i22D,23D. The highest BCUT2D eigenvalue weighted by molar-refractivity contribution is 6.11. The van der Waals surface area contributed by atoms with Crippen LogP contribution < -0.4 is 0 Å². The van der Waals surface area contributed by atoms with Crippen LogP contribution in [0.4, 0.5) is 0 Å². The molecule has 0 atom stereocenters. The minimum atomic E-state index is -0.917. The molecule has 0 aliphatic heterocycles. The van der Waals surface area contributed by atoms with E-state index in [-0.39, 0.29) is 0 Å². The molecule has 0 aliphatic carbocycles. The van der Waals surface area contributed by atoms with Crippen LogP contribution in [0.1, 0.15) is 53.4 Å². The number of rotatable bonds is 4. The molecule has 0 aliphatic rings. The van der Waals surface area contributed by atoms with Crippen molar-refractivity contribution in [2.75, 3.05) is 0 Å². The van der Waals surface area contributed by atoms with Gasteiger partial charge in [0.2, 0.25) is 0 Å². The molecule has 7 aromatic rings. The molecular formula is C37H31NO. The maximum Gasteiger partial charge on any atom is 0.144 e. The van der Waals surface area contributed by atoms with Crippen molar-refractivity contribution in [3.63, 3.8) is 0 Å². The summed E-state index contributed by atoms with van der Waals surface area (Å²) in [6, 6.07) is 33.2. The number of para-hydroxylation sites is 2. The zero-order valence-electron chi connectivity index (χ0n) is 24.7. The predicted octanol–water partition coefficient (Wildman–Crippen LogP) is 10.9. The first kappa shape index (κ1) is 21.5. The van der Waals surface area contributed by atoms with E-state index in [0.717, 1.165) is 77.0 Å². The van der Waals surface area contributed by atoms with Crippen molar-refractivity contribution in [1.29, 1.82) is 0 Å². The van der Waals surface area contributed by atoms with Crippen LogP contribution in [0.25, 0.3) is 65.9 Å². The molecule has 2 nitrogen and oxygen atoms in total. The van der Waals surface area contributed by atoms with Crippen molar-refractivity contribution in [3.05, 3.63) is 114 Å². The summed E-state index contributed by atoms with van der Waals surface area (Å²) in [5.74, 6) is -1.82. The van der Waals surface area contributed by atoms with Crippen molar-refractivity contribution in [3.8, 4) is 22.4 Å². The average molecular weight is 508 g/mol.